The van der Waals surface area contributed by atoms with Gasteiger partial charge in [-0.1, -0.05) is 0 Å². The topological polar surface area (TPSA) is 0 Å². The Hall–Kier alpha value is 0.400. The summed E-state index contributed by atoms with van der Waals surface area (Å²) in [4.78, 5) is 2.78. The first-order valence-corrected chi connectivity index (χ1v) is 5.58. The summed E-state index contributed by atoms with van der Waals surface area (Å²) in [5.74, 6) is 1.68. The molecule has 0 aliphatic heterocycles. The first kappa shape index (κ1) is 9.49. The lowest BCUT2D eigenvalue weighted by atomic mass is 10.1. The third-order valence-electron chi connectivity index (χ3n) is 1.84. The minimum absolute atomic E-state index is 0.839. The second-order valence-corrected chi connectivity index (χ2v) is 4.55. The number of hydrogen-bond donors (Lipinski definition) is 2. The second kappa shape index (κ2) is 3.87. The van der Waals surface area contributed by atoms with E-state index < -0.39 is 0 Å². The van der Waals surface area contributed by atoms with Gasteiger partial charge in [0.25, 0.3) is 0 Å². The zero-order valence-corrected chi connectivity index (χ0v) is 9.32. The van der Waals surface area contributed by atoms with Crippen molar-refractivity contribution in [3.05, 3.63) is 20.9 Å². The number of hydrogen-bond acceptors (Lipinski definition) is 3. The van der Waals surface area contributed by atoms with Crippen LogP contribution in [0, 0.1) is 13.8 Å². The van der Waals surface area contributed by atoms with Crippen LogP contribution >= 0.6 is 36.6 Å². The van der Waals surface area contributed by atoms with Gasteiger partial charge >= 0.3 is 0 Å². The van der Waals surface area contributed by atoms with Crippen molar-refractivity contribution in [3.8, 4) is 0 Å². The maximum Gasteiger partial charge on any atom is 0.0168 e. The van der Waals surface area contributed by atoms with Crippen molar-refractivity contribution in [1.82, 2.24) is 0 Å². The van der Waals surface area contributed by atoms with Crippen LogP contribution in [0.2, 0.25) is 0 Å². The lowest BCUT2D eigenvalue weighted by molar-refractivity contribution is 1.27. The predicted octanol–water partition coefficient (Wildman–Crippen LogP) is 3.22. The summed E-state index contributed by atoms with van der Waals surface area (Å²) in [5.41, 5.74) is 2.76. The lowest BCUT2D eigenvalue weighted by Gasteiger charge is -1.98. The third kappa shape index (κ3) is 1.76. The molecule has 0 unspecified atom stereocenters. The Morgan fingerprint density at radius 1 is 1.00 bits per heavy atom. The van der Waals surface area contributed by atoms with E-state index in [9.17, 15) is 0 Å². The first-order chi connectivity index (χ1) is 5.20. The van der Waals surface area contributed by atoms with Gasteiger partial charge in [0, 0.05) is 21.3 Å². The highest BCUT2D eigenvalue weighted by Gasteiger charge is 2.09. The molecule has 0 saturated carbocycles. The minimum Gasteiger partial charge on any atom is -0.174 e. The molecule has 0 spiro atoms. The largest absolute Gasteiger partial charge is 0.174 e. The maximum absolute atomic E-state index is 4.29. The van der Waals surface area contributed by atoms with Gasteiger partial charge in [0.15, 0.2) is 0 Å². The molecule has 0 aromatic carbocycles. The van der Waals surface area contributed by atoms with Gasteiger partial charge in [0.1, 0.15) is 0 Å². The summed E-state index contributed by atoms with van der Waals surface area (Å²) in [7, 11) is 0. The molecule has 0 aliphatic carbocycles. The standard InChI is InChI=1S/C8H12S3/c1-5-7(3-9)8(4-10)6(2)11-5/h9-10H,3-4H2,1-2H3. The molecule has 0 atom stereocenters. The van der Waals surface area contributed by atoms with Crippen molar-refractivity contribution >= 4 is 36.6 Å². The van der Waals surface area contributed by atoms with E-state index in [2.05, 4.69) is 39.1 Å². The summed E-state index contributed by atoms with van der Waals surface area (Å²) in [6.07, 6.45) is 0. The Bertz CT molecular complexity index is 226. The van der Waals surface area contributed by atoms with Gasteiger partial charge in [-0.05, 0) is 25.0 Å². The van der Waals surface area contributed by atoms with Crippen molar-refractivity contribution in [2.75, 3.05) is 0 Å². The van der Waals surface area contributed by atoms with E-state index in [0.29, 0.717) is 0 Å². The Kier molecular flexibility index (Phi) is 3.34. The molecule has 1 heterocycles. The average molecular weight is 204 g/mol. The number of aryl methyl sites for hydroxylation is 2. The molecule has 0 saturated heterocycles. The van der Waals surface area contributed by atoms with Crippen LogP contribution in [0.25, 0.3) is 0 Å². The van der Waals surface area contributed by atoms with Gasteiger partial charge < -0.3 is 0 Å². The molecule has 1 aromatic heterocycles. The molecule has 3 heteroatoms. The highest BCUT2D eigenvalue weighted by molar-refractivity contribution is 7.79. The summed E-state index contributed by atoms with van der Waals surface area (Å²) in [6, 6.07) is 0. The molecule has 1 aromatic rings. The predicted molar refractivity (Wildman–Crippen MR) is 59.2 cm³/mol. The summed E-state index contributed by atoms with van der Waals surface area (Å²) in [6.45, 7) is 4.30. The van der Waals surface area contributed by atoms with E-state index >= 15 is 0 Å². The zero-order valence-electron chi connectivity index (χ0n) is 6.72. The molecule has 0 fully saturated rings. The molecule has 0 radical (unpaired) electrons. The smallest absolute Gasteiger partial charge is 0.0168 e. The zero-order chi connectivity index (χ0) is 8.43. The van der Waals surface area contributed by atoms with E-state index in [1.54, 1.807) is 0 Å². The van der Waals surface area contributed by atoms with Gasteiger partial charge in [-0.25, -0.2) is 0 Å². The molecule has 0 amide bonds. The molecule has 11 heavy (non-hydrogen) atoms. The van der Waals surface area contributed by atoms with E-state index in [1.165, 1.54) is 20.9 Å². The van der Waals surface area contributed by atoms with Crippen LogP contribution in [0.15, 0.2) is 0 Å². The summed E-state index contributed by atoms with van der Waals surface area (Å²) >= 11 is 10.4. The fraction of sp³-hybridized carbons (Fsp3) is 0.500. The molecular weight excluding hydrogens is 192 g/mol. The highest BCUT2D eigenvalue weighted by Crippen LogP contribution is 2.29. The van der Waals surface area contributed by atoms with E-state index in [4.69, 9.17) is 0 Å². The van der Waals surface area contributed by atoms with Crippen molar-refractivity contribution in [3.63, 3.8) is 0 Å². The van der Waals surface area contributed by atoms with Crippen LogP contribution in [0.5, 0.6) is 0 Å². The Labute approximate surface area is 82.8 Å². The van der Waals surface area contributed by atoms with Crippen LogP contribution in [0.3, 0.4) is 0 Å². The van der Waals surface area contributed by atoms with Gasteiger partial charge in [-0.2, -0.15) is 25.3 Å². The molecule has 1 rings (SSSR count). The molecule has 0 N–H and O–H groups in total. The molecular formula is C8H12S3. The van der Waals surface area contributed by atoms with Crippen LogP contribution < -0.4 is 0 Å². The van der Waals surface area contributed by atoms with Gasteiger partial charge in [-0.3, -0.25) is 0 Å². The van der Waals surface area contributed by atoms with E-state index in [1.807, 2.05) is 11.3 Å². The fourth-order valence-corrected chi connectivity index (χ4v) is 3.36. The SMILES string of the molecule is Cc1sc(C)c(CS)c1CS. The minimum atomic E-state index is 0.839. The Morgan fingerprint density at radius 2 is 1.36 bits per heavy atom. The highest BCUT2D eigenvalue weighted by atomic mass is 32.1. The van der Waals surface area contributed by atoms with E-state index in [0.717, 1.165) is 11.5 Å². The monoisotopic (exact) mass is 204 g/mol. The molecule has 0 bridgehead atoms. The second-order valence-electron chi connectivity index (χ2n) is 2.49. The first-order valence-electron chi connectivity index (χ1n) is 3.50. The summed E-state index contributed by atoms with van der Waals surface area (Å²) < 4.78 is 0. The van der Waals surface area contributed by atoms with Gasteiger partial charge in [0.2, 0.25) is 0 Å². The molecule has 0 aliphatic rings. The lowest BCUT2D eigenvalue weighted by Crippen LogP contribution is -1.85. The summed E-state index contributed by atoms with van der Waals surface area (Å²) in [5, 5.41) is 0. The number of rotatable bonds is 2. The van der Waals surface area contributed by atoms with Crippen molar-refractivity contribution in [1.29, 1.82) is 0 Å². The van der Waals surface area contributed by atoms with Gasteiger partial charge in [0.05, 0.1) is 0 Å². The Morgan fingerprint density at radius 3 is 1.64 bits per heavy atom. The number of thiophene rings is 1. The third-order valence-corrected chi connectivity index (χ3v) is 3.57. The van der Waals surface area contributed by atoms with Crippen molar-refractivity contribution < 1.29 is 0 Å². The Balaban J connectivity index is 3.17. The average Bonchev–Trinajstić information content (AvgIpc) is 2.24. The molecule has 0 nitrogen and oxygen atoms in total. The fourth-order valence-electron chi connectivity index (χ4n) is 1.19. The quantitative estimate of drug-likeness (QED) is 0.679. The normalized spacial score (nSPS) is 10.5. The van der Waals surface area contributed by atoms with Crippen LogP contribution in [0.4, 0.5) is 0 Å². The van der Waals surface area contributed by atoms with E-state index in [-0.39, 0.29) is 0 Å². The van der Waals surface area contributed by atoms with Crippen LogP contribution in [-0.2, 0) is 11.5 Å². The van der Waals surface area contributed by atoms with Crippen LogP contribution in [-0.4, -0.2) is 0 Å². The van der Waals surface area contributed by atoms with Crippen molar-refractivity contribution in [2.45, 2.75) is 25.4 Å². The molecule has 62 valence electrons. The van der Waals surface area contributed by atoms with Crippen LogP contribution in [0.1, 0.15) is 20.9 Å². The van der Waals surface area contributed by atoms with Gasteiger partial charge in [-0.15, -0.1) is 11.3 Å². The van der Waals surface area contributed by atoms with Crippen molar-refractivity contribution in [2.24, 2.45) is 0 Å². The number of thiol groups is 2. The maximum atomic E-state index is 4.29.